The second-order valence-corrected chi connectivity index (χ2v) is 6.88. The Morgan fingerprint density at radius 3 is 2.16 bits per heavy atom. The third-order valence-corrected chi connectivity index (χ3v) is 4.52. The van der Waals surface area contributed by atoms with E-state index in [1.807, 2.05) is 54.6 Å². The minimum atomic E-state index is -1.50. The molecule has 0 saturated carbocycles. The third-order valence-electron chi connectivity index (χ3n) is 4.35. The van der Waals surface area contributed by atoms with Crippen LogP contribution in [0.5, 0.6) is 0 Å². The molecule has 0 aliphatic rings. The van der Waals surface area contributed by atoms with Crippen molar-refractivity contribution in [3.05, 3.63) is 107 Å². The second kappa shape index (κ2) is 10.9. The molecule has 4 aromatic rings. The Hall–Kier alpha value is -4.01. The van der Waals surface area contributed by atoms with Crippen LogP contribution < -0.4 is 5.46 Å². The maximum absolute atomic E-state index is 8.69. The highest BCUT2D eigenvalue weighted by atomic mass is 35.5. The summed E-state index contributed by atoms with van der Waals surface area (Å²) in [5.74, 6) is 0. The first-order chi connectivity index (χ1) is 15.5. The fraction of sp³-hybridized carbons (Fsp3) is 0. The van der Waals surface area contributed by atoms with Crippen LogP contribution in [0.3, 0.4) is 0 Å². The Labute approximate surface area is 191 Å². The average Bonchev–Trinajstić information content (AvgIpc) is 2.84. The molecule has 2 N–H and O–H groups in total. The molecule has 6 nitrogen and oxygen atoms in total. The van der Waals surface area contributed by atoms with Gasteiger partial charge in [0.15, 0.2) is 5.69 Å². The van der Waals surface area contributed by atoms with Crippen LogP contribution in [0.1, 0.15) is 5.56 Å². The molecule has 0 fully saturated rings. The molecule has 0 saturated heterocycles. The number of rotatable bonds is 3. The van der Waals surface area contributed by atoms with E-state index in [2.05, 4.69) is 14.8 Å². The van der Waals surface area contributed by atoms with Crippen molar-refractivity contribution in [1.82, 2.24) is 9.97 Å². The summed E-state index contributed by atoms with van der Waals surface area (Å²) in [6.45, 7) is 7.09. The van der Waals surface area contributed by atoms with Crippen molar-refractivity contribution in [1.29, 1.82) is 5.26 Å². The number of halogens is 1. The quantitative estimate of drug-likeness (QED) is 0.283. The van der Waals surface area contributed by atoms with Gasteiger partial charge in [0.05, 0.1) is 29.6 Å². The third kappa shape index (κ3) is 6.01. The van der Waals surface area contributed by atoms with Gasteiger partial charge in [-0.2, -0.15) is 5.26 Å². The van der Waals surface area contributed by atoms with Crippen molar-refractivity contribution in [3.8, 4) is 28.6 Å². The van der Waals surface area contributed by atoms with Crippen molar-refractivity contribution in [2.75, 3.05) is 0 Å². The normalized spacial score (nSPS) is 9.66. The van der Waals surface area contributed by atoms with Gasteiger partial charge in [0.25, 0.3) is 0 Å². The van der Waals surface area contributed by atoms with Gasteiger partial charge in [0.1, 0.15) is 0 Å². The summed E-state index contributed by atoms with van der Waals surface area (Å²) in [6.07, 6.45) is 0. The molecule has 0 aliphatic carbocycles. The first kappa shape index (κ1) is 22.7. The van der Waals surface area contributed by atoms with Crippen molar-refractivity contribution in [3.63, 3.8) is 0 Å². The van der Waals surface area contributed by atoms with E-state index in [0.29, 0.717) is 22.4 Å². The average molecular weight is 439 g/mol. The summed E-state index contributed by atoms with van der Waals surface area (Å²) in [7, 11) is -1.50. The Balaban J connectivity index is 0.000000222. The predicted molar refractivity (Wildman–Crippen MR) is 125 cm³/mol. The van der Waals surface area contributed by atoms with Gasteiger partial charge in [-0.3, -0.25) is 0 Å². The maximum Gasteiger partial charge on any atom is 0.488 e. The smallest absolute Gasteiger partial charge is 0.423 e. The van der Waals surface area contributed by atoms with Crippen molar-refractivity contribution in [2.45, 2.75) is 0 Å². The Bertz CT molecular complexity index is 1300. The number of nitrogens with zero attached hydrogens (tertiary/aromatic N) is 4. The number of hydrogen-bond acceptors (Lipinski definition) is 5. The van der Waals surface area contributed by atoms with Gasteiger partial charge < -0.3 is 10.0 Å². The largest absolute Gasteiger partial charge is 0.488 e. The number of benzene rings is 3. The molecule has 0 radical (unpaired) electrons. The topological polar surface area (TPSA) is 94.4 Å². The van der Waals surface area contributed by atoms with Gasteiger partial charge in [0.2, 0.25) is 5.28 Å². The summed E-state index contributed by atoms with van der Waals surface area (Å²) in [5, 5.41) is 26.0. The van der Waals surface area contributed by atoms with E-state index in [0.717, 1.165) is 16.8 Å². The molecular formula is C24H16BClN4O2. The number of nitriles is 1. The first-order valence-electron chi connectivity index (χ1n) is 9.44. The fourth-order valence-corrected chi connectivity index (χ4v) is 3.01. The number of aromatic nitrogens is 2. The maximum atomic E-state index is 8.69. The van der Waals surface area contributed by atoms with E-state index in [1.165, 1.54) is 6.07 Å². The zero-order chi connectivity index (χ0) is 22.9. The highest BCUT2D eigenvalue weighted by Crippen LogP contribution is 2.27. The van der Waals surface area contributed by atoms with E-state index in [1.54, 1.807) is 30.3 Å². The zero-order valence-electron chi connectivity index (χ0n) is 16.7. The van der Waals surface area contributed by atoms with E-state index >= 15 is 0 Å². The second-order valence-electron chi connectivity index (χ2n) is 6.55. The molecule has 0 unspecified atom stereocenters. The van der Waals surface area contributed by atoms with Crippen LogP contribution >= 0.6 is 11.6 Å². The molecule has 0 aliphatic heterocycles. The van der Waals surface area contributed by atoms with Crippen LogP contribution in [-0.2, 0) is 0 Å². The molecule has 0 amide bonds. The van der Waals surface area contributed by atoms with E-state index in [-0.39, 0.29) is 5.28 Å². The van der Waals surface area contributed by atoms with Crippen LogP contribution in [0.2, 0.25) is 5.28 Å². The van der Waals surface area contributed by atoms with Crippen LogP contribution in [0.25, 0.3) is 27.4 Å². The minimum absolute atomic E-state index is 0.194. The van der Waals surface area contributed by atoms with Crippen LogP contribution in [0.4, 0.5) is 5.69 Å². The number of hydrogen-bond donors (Lipinski definition) is 2. The van der Waals surface area contributed by atoms with E-state index in [9.17, 15) is 0 Å². The van der Waals surface area contributed by atoms with Crippen LogP contribution in [0.15, 0.2) is 84.9 Å². The van der Waals surface area contributed by atoms with Gasteiger partial charge in [-0.05, 0) is 46.9 Å². The van der Waals surface area contributed by atoms with Gasteiger partial charge >= 0.3 is 7.12 Å². The first-order valence-corrected chi connectivity index (χ1v) is 9.82. The van der Waals surface area contributed by atoms with Crippen LogP contribution in [0, 0.1) is 17.9 Å². The summed E-state index contributed by atoms with van der Waals surface area (Å²) in [4.78, 5) is 12.0. The molecule has 0 atom stereocenters. The van der Waals surface area contributed by atoms with Gasteiger partial charge in [-0.15, -0.1) is 0 Å². The molecule has 8 heteroatoms. The Morgan fingerprint density at radius 2 is 1.50 bits per heavy atom. The molecule has 1 aromatic heterocycles. The summed E-state index contributed by atoms with van der Waals surface area (Å²) in [6, 6.07) is 27.1. The molecule has 154 valence electrons. The molecule has 32 heavy (non-hydrogen) atoms. The standard InChI is InChI=1S/C17H10ClN3.C7H6BNO2/c1-19-14-9-5-8-13(10-14)16-11-15(20-17(18)21-16)12-6-3-2-4-7-12;9-5-6-2-1-3-7(4-6)8(10)11/h2-11H;1-4,10-11H. The van der Waals surface area contributed by atoms with Gasteiger partial charge in [0, 0.05) is 5.56 Å². The lowest BCUT2D eigenvalue weighted by Crippen LogP contribution is -2.29. The highest BCUT2D eigenvalue weighted by Gasteiger charge is 2.10. The lowest BCUT2D eigenvalue weighted by molar-refractivity contribution is 0.426. The Kier molecular flexibility index (Phi) is 7.69. The molecule has 0 bridgehead atoms. The summed E-state index contributed by atoms with van der Waals surface area (Å²) >= 11 is 6.04. The SMILES string of the molecule is N#Cc1cccc(B(O)O)c1.[C-]#[N+]c1cccc(-c2cc(-c3ccccc3)nc(Cl)n2)c1. The monoisotopic (exact) mass is 438 g/mol. The fourth-order valence-electron chi connectivity index (χ4n) is 2.83. The van der Waals surface area contributed by atoms with Gasteiger partial charge in [-0.25, -0.2) is 14.8 Å². The predicted octanol–water partition coefficient (Wildman–Crippen LogP) is 4.25. The molecule has 1 heterocycles. The summed E-state index contributed by atoms with van der Waals surface area (Å²) < 4.78 is 0. The zero-order valence-corrected chi connectivity index (χ0v) is 17.5. The summed E-state index contributed by atoms with van der Waals surface area (Å²) in [5.41, 5.74) is 4.63. The van der Waals surface area contributed by atoms with Crippen molar-refractivity contribution < 1.29 is 10.0 Å². The van der Waals surface area contributed by atoms with Crippen molar-refractivity contribution in [2.24, 2.45) is 0 Å². The van der Waals surface area contributed by atoms with E-state index < -0.39 is 7.12 Å². The molecular weight excluding hydrogens is 423 g/mol. The minimum Gasteiger partial charge on any atom is -0.423 e. The highest BCUT2D eigenvalue weighted by molar-refractivity contribution is 6.58. The lowest BCUT2D eigenvalue weighted by Gasteiger charge is -2.06. The van der Waals surface area contributed by atoms with E-state index in [4.69, 9.17) is 33.5 Å². The molecule has 3 aromatic carbocycles. The molecule has 0 spiro atoms. The Morgan fingerprint density at radius 1 is 0.844 bits per heavy atom. The van der Waals surface area contributed by atoms with Crippen LogP contribution in [-0.4, -0.2) is 27.1 Å². The van der Waals surface area contributed by atoms with Gasteiger partial charge in [-0.1, -0.05) is 60.7 Å². The molecule has 4 rings (SSSR count). The lowest BCUT2D eigenvalue weighted by atomic mass is 9.80. The van der Waals surface area contributed by atoms with Crippen molar-refractivity contribution >= 4 is 29.9 Å².